The second-order valence-electron chi connectivity index (χ2n) is 13.4. The number of hydrogen-bond acceptors (Lipinski definition) is 2. The summed E-state index contributed by atoms with van der Waals surface area (Å²) in [4.78, 5) is 9.50. The molecule has 1 unspecified atom stereocenters. The minimum Gasteiger partial charge on any atom is -0.278 e. The molecule has 50 heavy (non-hydrogen) atoms. The number of aromatic nitrogens is 3. The minimum atomic E-state index is -0.496. The lowest BCUT2D eigenvalue weighted by atomic mass is 9.65. The summed E-state index contributed by atoms with van der Waals surface area (Å²) in [6.45, 7) is 0. The van der Waals surface area contributed by atoms with Crippen molar-refractivity contribution in [3.63, 3.8) is 0 Å². The van der Waals surface area contributed by atoms with Crippen molar-refractivity contribution in [1.29, 1.82) is 0 Å². The van der Waals surface area contributed by atoms with Gasteiger partial charge in [-0.25, -0.2) is 9.97 Å². The molecule has 0 bridgehead atoms. The van der Waals surface area contributed by atoms with Crippen LogP contribution in [0.2, 0.25) is 0 Å². The minimum absolute atomic E-state index is 0.496. The molecule has 0 aliphatic heterocycles. The van der Waals surface area contributed by atoms with Gasteiger partial charge in [-0.05, 0) is 109 Å². The maximum absolute atomic E-state index is 4.81. The highest BCUT2D eigenvalue weighted by Gasteiger charge is 2.49. The zero-order chi connectivity index (χ0) is 32.8. The third-order valence-corrected chi connectivity index (χ3v) is 10.9. The van der Waals surface area contributed by atoms with Crippen LogP contribution in [0.4, 0.5) is 0 Å². The SMILES string of the molecule is C1=Cc2ccc(-c3ccc4c(c3)c3cccnc3n4-c3ccccn3)cc2C2(c3ccccc31)c1ccccc1-c1c2ccc2ccccc12. The molecule has 1 atom stereocenters. The first kappa shape index (κ1) is 27.4. The Morgan fingerprint density at radius 3 is 2.12 bits per heavy atom. The maximum atomic E-state index is 4.81. The highest BCUT2D eigenvalue weighted by atomic mass is 15.1. The maximum Gasteiger partial charge on any atom is 0.146 e. The van der Waals surface area contributed by atoms with Gasteiger partial charge in [0.15, 0.2) is 0 Å². The summed E-state index contributed by atoms with van der Waals surface area (Å²) in [5.41, 5.74) is 14.3. The van der Waals surface area contributed by atoms with Gasteiger partial charge in [0.1, 0.15) is 11.5 Å². The Hall–Kier alpha value is -6.58. The molecule has 0 radical (unpaired) electrons. The summed E-state index contributed by atoms with van der Waals surface area (Å²) < 4.78 is 2.17. The van der Waals surface area contributed by atoms with Crippen molar-refractivity contribution in [1.82, 2.24) is 14.5 Å². The summed E-state index contributed by atoms with van der Waals surface area (Å²) in [5.74, 6) is 0.863. The quantitative estimate of drug-likeness (QED) is 0.189. The Kier molecular flexibility index (Phi) is 5.59. The van der Waals surface area contributed by atoms with E-state index in [1.807, 2.05) is 36.7 Å². The lowest BCUT2D eigenvalue weighted by molar-refractivity contribution is 0.767. The summed E-state index contributed by atoms with van der Waals surface area (Å²) in [5, 5.41) is 4.84. The van der Waals surface area contributed by atoms with Crippen LogP contribution in [-0.4, -0.2) is 14.5 Å². The second kappa shape index (κ2) is 10.2. The fourth-order valence-corrected chi connectivity index (χ4v) is 8.89. The number of pyridine rings is 2. The highest BCUT2D eigenvalue weighted by molar-refractivity contribution is 6.09. The van der Waals surface area contributed by atoms with Gasteiger partial charge in [0.05, 0.1) is 10.9 Å². The molecular weight excluding hydrogens is 607 g/mol. The van der Waals surface area contributed by atoms with E-state index in [9.17, 15) is 0 Å². The van der Waals surface area contributed by atoms with E-state index in [1.165, 1.54) is 66.4 Å². The molecule has 0 amide bonds. The fourth-order valence-electron chi connectivity index (χ4n) is 8.89. The van der Waals surface area contributed by atoms with Crippen LogP contribution < -0.4 is 0 Å². The molecule has 3 nitrogen and oxygen atoms in total. The normalized spacial score (nSPS) is 15.6. The highest BCUT2D eigenvalue weighted by Crippen LogP contribution is 2.60. The Labute approximate surface area is 289 Å². The standard InChI is InChI=1S/C47H29N3/c1-3-12-35-30(10-1)22-24-41-45(35)37-13-4-6-16-40(37)47(41)39-15-5-2-11-31(39)18-19-32-20-21-34(29-42(32)47)33-23-25-43-38(28-33)36-14-9-27-49-46(36)50(43)44-17-7-8-26-48-44/h1-29H. The summed E-state index contributed by atoms with van der Waals surface area (Å²) in [6.07, 6.45) is 8.31. The molecule has 6 aromatic carbocycles. The number of nitrogens with zero attached hydrogens (tertiary/aromatic N) is 3. The Balaban J connectivity index is 1.21. The van der Waals surface area contributed by atoms with Crippen molar-refractivity contribution in [2.75, 3.05) is 0 Å². The van der Waals surface area contributed by atoms with Gasteiger partial charge in [-0.15, -0.1) is 0 Å². The Morgan fingerprint density at radius 2 is 1.20 bits per heavy atom. The van der Waals surface area contributed by atoms with Crippen molar-refractivity contribution in [2.24, 2.45) is 0 Å². The third-order valence-electron chi connectivity index (χ3n) is 10.9. The van der Waals surface area contributed by atoms with Crippen molar-refractivity contribution in [3.8, 4) is 28.1 Å². The van der Waals surface area contributed by atoms with Gasteiger partial charge in [0.2, 0.25) is 0 Å². The molecule has 3 aromatic heterocycles. The average molecular weight is 636 g/mol. The first-order chi connectivity index (χ1) is 24.8. The zero-order valence-electron chi connectivity index (χ0n) is 27.1. The third kappa shape index (κ3) is 3.58. The van der Waals surface area contributed by atoms with E-state index in [2.05, 4.69) is 144 Å². The lowest BCUT2D eigenvalue weighted by Gasteiger charge is -2.35. The molecule has 0 N–H and O–H groups in total. The number of fused-ring (bicyclic) bond motifs is 14. The van der Waals surface area contributed by atoms with Crippen LogP contribution in [0.3, 0.4) is 0 Å². The van der Waals surface area contributed by atoms with Crippen LogP contribution in [0.1, 0.15) is 33.4 Å². The van der Waals surface area contributed by atoms with E-state index < -0.39 is 5.41 Å². The summed E-state index contributed by atoms with van der Waals surface area (Å²) in [7, 11) is 0. The molecule has 9 aromatic rings. The van der Waals surface area contributed by atoms with Gasteiger partial charge >= 0.3 is 0 Å². The smallest absolute Gasteiger partial charge is 0.146 e. The Bertz CT molecular complexity index is 2880. The average Bonchev–Trinajstić information content (AvgIpc) is 3.62. The molecule has 232 valence electrons. The molecule has 3 heteroatoms. The van der Waals surface area contributed by atoms with Crippen LogP contribution in [0.5, 0.6) is 0 Å². The predicted molar refractivity (Wildman–Crippen MR) is 206 cm³/mol. The van der Waals surface area contributed by atoms with Gasteiger partial charge < -0.3 is 0 Å². The van der Waals surface area contributed by atoms with Crippen molar-refractivity contribution < 1.29 is 0 Å². The number of rotatable bonds is 2. The van der Waals surface area contributed by atoms with Gasteiger partial charge in [-0.1, -0.05) is 121 Å². The molecule has 1 spiro atoms. The number of hydrogen-bond donors (Lipinski definition) is 0. The molecule has 0 fully saturated rings. The molecule has 0 saturated heterocycles. The van der Waals surface area contributed by atoms with Gasteiger partial charge in [0, 0.05) is 23.2 Å². The molecule has 2 aliphatic carbocycles. The molecular formula is C47H29N3. The van der Waals surface area contributed by atoms with Crippen molar-refractivity contribution in [3.05, 3.63) is 197 Å². The van der Waals surface area contributed by atoms with E-state index in [0.717, 1.165) is 27.8 Å². The summed E-state index contributed by atoms with van der Waals surface area (Å²) in [6, 6.07) is 55.6. The van der Waals surface area contributed by atoms with Gasteiger partial charge in [0.25, 0.3) is 0 Å². The van der Waals surface area contributed by atoms with E-state index in [1.54, 1.807) is 0 Å². The largest absolute Gasteiger partial charge is 0.278 e. The predicted octanol–water partition coefficient (Wildman–Crippen LogP) is 11.2. The zero-order valence-corrected chi connectivity index (χ0v) is 27.1. The van der Waals surface area contributed by atoms with Crippen LogP contribution in [0, 0.1) is 0 Å². The van der Waals surface area contributed by atoms with Crippen LogP contribution in [0.25, 0.3) is 72.9 Å². The number of benzene rings is 6. The summed E-state index contributed by atoms with van der Waals surface area (Å²) >= 11 is 0. The molecule has 2 aliphatic rings. The van der Waals surface area contributed by atoms with Crippen LogP contribution >= 0.6 is 0 Å². The Morgan fingerprint density at radius 1 is 0.460 bits per heavy atom. The van der Waals surface area contributed by atoms with E-state index in [0.29, 0.717) is 0 Å². The molecule has 11 rings (SSSR count). The molecule has 0 saturated carbocycles. The fraction of sp³-hybridized carbons (Fsp3) is 0.0213. The van der Waals surface area contributed by atoms with Crippen LogP contribution in [-0.2, 0) is 5.41 Å². The van der Waals surface area contributed by atoms with E-state index in [4.69, 9.17) is 9.97 Å². The first-order valence-electron chi connectivity index (χ1n) is 17.2. The monoisotopic (exact) mass is 635 g/mol. The van der Waals surface area contributed by atoms with Crippen molar-refractivity contribution in [2.45, 2.75) is 5.41 Å². The lowest BCUT2D eigenvalue weighted by Crippen LogP contribution is -2.30. The van der Waals surface area contributed by atoms with Crippen LogP contribution in [0.15, 0.2) is 164 Å². The van der Waals surface area contributed by atoms with E-state index in [-0.39, 0.29) is 0 Å². The van der Waals surface area contributed by atoms with Crippen molar-refractivity contribution >= 4 is 44.9 Å². The topological polar surface area (TPSA) is 30.7 Å². The van der Waals surface area contributed by atoms with E-state index >= 15 is 0 Å². The van der Waals surface area contributed by atoms with Gasteiger partial charge in [-0.2, -0.15) is 0 Å². The molecule has 3 heterocycles. The second-order valence-corrected chi connectivity index (χ2v) is 13.4. The van der Waals surface area contributed by atoms with Gasteiger partial charge in [-0.3, -0.25) is 4.57 Å². The first-order valence-corrected chi connectivity index (χ1v) is 17.2.